The highest BCUT2D eigenvalue weighted by molar-refractivity contribution is 7.92. The molecule has 3 aromatic rings. The number of sulfonamides is 1. The molecular formula is C28H33N3O4S. The van der Waals surface area contributed by atoms with Gasteiger partial charge in [0.25, 0.3) is 10.0 Å². The monoisotopic (exact) mass is 507 g/mol. The van der Waals surface area contributed by atoms with E-state index in [1.807, 2.05) is 31.2 Å². The van der Waals surface area contributed by atoms with Crippen molar-refractivity contribution in [3.05, 3.63) is 89.5 Å². The maximum atomic E-state index is 13.5. The molecule has 0 bridgehead atoms. The normalized spacial score (nSPS) is 13.9. The van der Waals surface area contributed by atoms with E-state index in [-0.39, 0.29) is 17.3 Å². The second kappa shape index (κ2) is 11.6. The minimum atomic E-state index is -3.97. The minimum absolute atomic E-state index is 0.0882. The number of amides is 1. The van der Waals surface area contributed by atoms with Crippen LogP contribution in [-0.4, -0.2) is 46.0 Å². The smallest absolute Gasteiger partial charge is 0.264 e. The predicted octanol–water partition coefficient (Wildman–Crippen LogP) is 4.11. The van der Waals surface area contributed by atoms with Gasteiger partial charge in [0, 0.05) is 13.1 Å². The first-order valence-corrected chi connectivity index (χ1v) is 13.6. The molecule has 0 aromatic heterocycles. The number of carbonyl (C=O) groups excluding carboxylic acids is 1. The van der Waals surface area contributed by atoms with Crippen LogP contribution in [0.4, 0.5) is 5.69 Å². The summed E-state index contributed by atoms with van der Waals surface area (Å²) in [4.78, 5) is 15.4. The standard InChI is InChI=1S/C28H33N3O4S/c1-22-5-11-25(12-6-22)31(36(33,34)27-15-13-26(35-2)14-16-27)21-28(32)29-19-23-7-9-24(10-8-23)20-30-17-3-4-18-30/h5-16H,3-4,17-21H2,1-2H3,(H,29,32). The predicted molar refractivity (Wildman–Crippen MR) is 142 cm³/mol. The number of carbonyl (C=O) groups is 1. The Kier molecular flexibility index (Phi) is 8.28. The summed E-state index contributed by atoms with van der Waals surface area (Å²) in [5.74, 6) is 0.175. The Balaban J connectivity index is 1.44. The summed E-state index contributed by atoms with van der Waals surface area (Å²) in [7, 11) is -2.45. The summed E-state index contributed by atoms with van der Waals surface area (Å²) >= 11 is 0. The van der Waals surface area contributed by atoms with Gasteiger partial charge in [0.05, 0.1) is 17.7 Å². The Hall–Kier alpha value is -3.36. The summed E-state index contributed by atoms with van der Waals surface area (Å²) in [5, 5.41) is 2.87. The van der Waals surface area contributed by atoms with Gasteiger partial charge < -0.3 is 10.1 Å². The van der Waals surface area contributed by atoms with Gasteiger partial charge in [-0.05, 0) is 80.4 Å². The van der Waals surface area contributed by atoms with Crippen molar-refractivity contribution in [3.8, 4) is 5.75 Å². The second-order valence-electron chi connectivity index (χ2n) is 9.10. The third-order valence-corrected chi connectivity index (χ3v) is 8.16. The fraction of sp³-hybridized carbons (Fsp3) is 0.321. The SMILES string of the molecule is COc1ccc(S(=O)(=O)N(CC(=O)NCc2ccc(CN3CCCC3)cc2)c2ccc(C)cc2)cc1. The van der Waals surface area contributed by atoms with Gasteiger partial charge in [-0.15, -0.1) is 0 Å². The van der Waals surface area contributed by atoms with Gasteiger partial charge in [-0.2, -0.15) is 0 Å². The molecule has 8 heteroatoms. The molecule has 1 fully saturated rings. The first-order chi connectivity index (χ1) is 17.3. The van der Waals surface area contributed by atoms with Gasteiger partial charge >= 0.3 is 0 Å². The molecule has 1 saturated heterocycles. The summed E-state index contributed by atoms with van der Waals surface area (Å²) < 4.78 is 33.3. The van der Waals surface area contributed by atoms with Gasteiger partial charge in [0.15, 0.2) is 0 Å². The van der Waals surface area contributed by atoms with E-state index in [0.29, 0.717) is 18.0 Å². The highest BCUT2D eigenvalue weighted by atomic mass is 32.2. The molecule has 0 spiro atoms. The highest BCUT2D eigenvalue weighted by Crippen LogP contribution is 2.25. The second-order valence-corrected chi connectivity index (χ2v) is 11.0. The fourth-order valence-corrected chi connectivity index (χ4v) is 5.67. The van der Waals surface area contributed by atoms with Crippen molar-refractivity contribution >= 4 is 21.6 Å². The van der Waals surface area contributed by atoms with Crippen LogP contribution in [0.15, 0.2) is 77.7 Å². The quantitative estimate of drug-likeness (QED) is 0.447. The molecule has 190 valence electrons. The number of rotatable bonds is 10. The van der Waals surface area contributed by atoms with Crippen LogP contribution < -0.4 is 14.4 Å². The first kappa shape index (κ1) is 25.7. The number of nitrogens with zero attached hydrogens (tertiary/aromatic N) is 2. The molecule has 3 aromatic carbocycles. The van der Waals surface area contributed by atoms with E-state index in [1.54, 1.807) is 24.3 Å². The number of nitrogens with one attached hydrogen (secondary N) is 1. The van der Waals surface area contributed by atoms with Gasteiger partial charge in [-0.25, -0.2) is 8.42 Å². The molecule has 0 radical (unpaired) electrons. The summed E-state index contributed by atoms with van der Waals surface area (Å²) in [6, 6.07) is 21.4. The van der Waals surface area contributed by atoms with E-state index in [9.17, 15) is 13.2 Å². The molecule has 1 amide bonds. The molecular weight excluding hydrogens is 474 g/mol. The average Bonchev–Trinajstić information content (AvgIpc) is 3.40. The molecule has 1 aliphatic rings. The van der Waals surface area contributed by atoms with E-state index in [4.69, 9.17) is 4.74 Å². The highest BCUT2D eigenvalue weighted by Gasteiger charge is 2.27. The van der Waals surface area contributed by atoms with E-state index in [2.05, 4.69) is 22.3 Å². The number of hydrogen-bond acceptors (Lipinski definition) is 5. The average molecular weight is 508 g/mol. The molecule has 4 rings (SSSR count). The fourth-order valence-electron chi connectivity index (χ4n) is 4.25. The number of methoxy groups -OCH3 is 1. The lowest BCUT2D eigenvalue weighted by atomic mass is 10.1. The molecule has 1 N–H and O–H groups in total. The van der Waals surface area contributed by atoms with E-state index in [0.717, 1.165) is 35.1 Å². The van der Waals surface area contributed by atoms with Crippen molar-refractivity contribution in [1.29, 1.82) is 0 Å². The summed E-state index contributed by atoms with van der Waals surface area (Å²) in [6.07, 6.45) is 2.52. The molecule has 1 aliphatic heterocycles. The third-order valence-electron chi connectivity index (χ3n) is 6.37. The van der Waals surface area contributed by atoms with Crippen LogP contribution in [0.25, 0.3) is 0 Å². The van der Waals surface area contributed by atoms with Crippen molar-refractivity contribution in [3.63, 3.8) is 0 Å². The molecule has 7 nitrogen and oxygen atoms in total. The lowest BCUT2D eigenvalue weighted by molar-refractivity contribution is -0.119. The van der Waals surface area contributed by atoms with Gasteiger partial charge in [-0.3, -0.25) is 14.0 Å². The molecule has 1 heterocycles. The van der Waals surface area contributed by atoms with Crippen molar-refractivity contribution in [2.24, 2.45) is 0 Å². The topological polar surface area (TPSA) is 79.0 Å². The van der Waals surface area contributed by atoms with Crippen LogP contribution in [0.2, 0.25) is 0 Å². The van der Waals surface area contributed by atoms with Crippen LogP contribution >= 0.6 is 0 Å². The van der Waals surface area contributed by atoms with Crippen LogP contribution in [0, 0.1) is 6.92 Å². The van der Waals surface area contributed by atoms with Crippen molar-refractivity contribution in [2.75, 3.05) is 31.0 Å². The largest absolute Gasteiger partial charge is 0.497 e. The number of ether oxygens (including phenoxy) is 1. The zero-order chi connectivity index (χ0) is 25.5. The van der Waals surface area contributed by atoms with Gasteiger partial charge in [0.1, 0.15) is 12.3 Å². The number of anilines is 1. The molecule has 0 saturated carbocycles. The number of aryl methyl sites for hydroxylation is 1. The Morgan fingerprint density at radius 2 is 1.53 bits per heavy atom. The zero-order valence-electron chi connectivity index (χ0n) is 20.8. The van der Waals surface area contributed by atoms with Gasteiger partial charge in [-0.1, -0.05) is 42.0 Å². The van der Waals surface area contributed by atoms with E-state index < -0.39 is 10.0 Å². The molecule has 0 atom stereocenters. The summed E-state index contributed by atoms with van der Waals surface area (Å²) in [5.41, 5.74) is 3.65. The Labute approximate surface area is 213 Å². The van der Waals surface area contributed by atoms with Crippen LogP contribution in [0.3, 0.4) is 0 Å². The number of likely N-dealkylation sites (tertiary alicyclic amines) is 1. The molecule has 0 aliphatic carbocycles. The van der Waals surface area contributed by atoms with E-state index >= 15 is 0 Å². The van der Waals surface area contributed by atoms with Gasteiger partial charge in [0.2, 0.25) is 5.91 Å². The van der Waals surface area contributed by atoms with Crippen molar-refractivity contribution in [2.45, 2.75) is 37.8 Å². The van der Waals surface area contributed by atoms with Crippen LogP contribution in [-0.2, 0) is 27.9 Å². The minimum Gasteiger partial charge on any atom is -0.497 e. The zero-order valence-corrected chi connectivity index (χ0v) is 21.6. The van der Waals surface area contributed by atoms with Crippen molar-refractivity contribution in [1.82, 2.24) is 10.2 Å². The third kappa shape index (κ3) is 6.44. The van der Waals surface area contributed by atoms with E-state index in [1.165, 1.54) is 37.6 Å². The maximum absolute atomic E-state index is 13.5. The van der Waals surface area contributed by atoms with Crippen LogP contribution in [0.5, 0.6) is 5.75 Å². The number of benzene rings is 3. The molecule has 36 heavy (non-hydrogen) atoms. The lowest BCUT2D eigenvalue weighted by Gasteiger charge is -2.24. The number of hydrogen-bond donors (Lipinski definition) is 1. The Bertz CT molecular complexity index is 1250. The maximum Gasteiger partial charge on any atom is 0.264 e. The summed E-state index contributed by atoms with van der Waals surface area (Å²) in [6.45, 7) is 5.16. The molecule has 0 unspecified atom stereocenters. The first-order valence-electron chi connectivity index (χ1n) is 12.2. The Morgan fingerprint density at radius 3 is 2.14 bits per heavy atom. The van der Waals surface area contributed by atoms with Crippen LogP contribution in [0.1, 0.15) is 29.5 Å². The Morgan fingerprint density at radius 1 is 0.917 bits per heavy atom. The lowest BCUT2D eigenvalue weighted by Crippen LogP contribution is -2.40. The van der Waals surface area contributed by atoms with Crippen molar-refractivity contribution < 1.29 is 17.9 Å².